The van der Waals surface area contributed by atoms with Gasteiger partial charge in [-0.25, -0.2) is 0 Å². The molecule has 0 saturated carbocycles. The summed E-state index contributed by atoms with van der Waals surface area (Å²) in [4.78, 5) is 13.1. The normalized spacial score (nSPS) is 10.8. The number of aryl methyl sites for hydroxylation is 2. The van der Waals surface area contributed by atoms with Gasteiger partial charge in [-0.2, -0.15) is 5.10 Å². The first-order valence-corrected chi connectivity index (χ1v) is 9.43. The summed E-state index contributed by atoms with van der Waals surface area (Å²) in [5.41, 5.74) is 4.01. The summed E-state index contributed by atoms with van der Waals surface area (Å²) in [5, 5.41) is 9.90. The molecule has 26 heavy (non-hydrogen) atoms. The minimum atomic E-state index is -0.0911. The molecule has 0 aliphatic heterocycles. The molecule has 0 aliphatic rings. The molecular formula is C19H20ClN3O2S. The van der Waals surface area contributed by atoms with E-state index in [1.54, 1.807) is 12.1 Å². The van der Waals surface area contributed by atoms with Gasteiger partial charge in [-0.3, -0.25) is 9.48 Å². The molecule has 3 aromatic rings. The number of carbonyl (C=O) groups excluding carboxylic acids is 1. The van der Waals surface area contributed by atoms with Crippen molar-refractivity contribution >= 4 is 28.8 Å². The second kappa shape index (κ2) is 7.93. The Morgan fingerprint density at radius 1 is 1.35 bits per heavy atom. The first-order valence-electron chi connectivity index (χ1n) is 8.17. The van der Waals surface area contributed by atoms with Crippen molar-refractivity contribution in [2.45, 2.75) is 27.0 Å². The van der Waals surface area contributed by atoms with E-state index in [0.29, 0.717) is 28.8 Å². The fourth-order valence-corrected chi connectivity index (χ4v) is 3.62. The van der Waals surface area contributed by atoms with E-state index in [4.69, 9.17) is 16.3 Å². The van der Waals surface area contributed by atoms with Crippen molar-refractivity contribution < 1.29 is 9.53 Å². The van der Waals surface area contributed by atoms with Crippen molar-refractivity contribution in [1.82, 2.24) is 15.1 Å². The molecule has 7 heteroatoms. The second-order valence-electron chi connectivity index (χ2n) is 6.02. The standard InChI is InChI=1S/C19H20ClN3O2S/c1-12-17(13(2)23(3)22-12)9-21-19(24)18-7-14(11-26-18)10-25-16-6-4-5-15(20)8-16/h4-8,11H,9-10H2,1-3H3,(H,21,24). The number of aromatic nitrogens is 2. The van der Waals surface area contributed by atoms with E-state index in [-0.39, 0.29) is 5.91 Å². The maximum absolute atomic E-state index is 12.4. The third-order valence-electron chi connectivity index (χ3n) is 4.16. The highest BCUT2D eigenvalue weighted by Gasteiger charge is 2.13. The average molecular weight is 390 g/mol. The molecule has 0 fully saturated rings. The molecular weight excluding hydrogens is 370 g/mol. The van der Waals surface area contributed by atoms with Gasteiger partial charge in [0, 0.05) is 35.4 Å². The Kier molecular flexibility index (Phi) is 5.64. The van der Waals surface area contributed by atoms with Crippen LogP contribution in [0.5, 0.6) is 5.75 Å². The van der Waals surface area contributed by atoms with Gasteiger partial charge in [0.1, 0.15) is 12.4 Å². The lowest BCUT2D eigenvalue weighted by atomic mass is 10.2. The molecule has 136 valence electrons. The molecule has 0 bridgehead atoms. The van der Waals surface area contributed by atoms with E-state index in [0.717, 1.165) is 22.5 Å². The summed E-state index contributed by atoms with van der Waals surface area (Å²) < 4.78 is 7.54. The van der Waals surface area contributed by atoms with Crippen molar-refractivity contribution in [3.05, 3.63) is 68.1 Å². The Balaban J connectivity index is 1.57. The lowest BCUT2D eigenvalue weighted by molar-refractivity contribution is 0.0955. The van der Waals surface area contributed by atoms with E-state index < -0.39 is 0 Å². The van der Waals surface area contributed by atoms with E-state index >= 15 is 0 Å². The van der Waals surface area contributed by atoms with Crippen molar-refractivity contribution in [2.24, 2.45) is 7.05 Å². The van der Waals surface area contributed by atoms with Crippen LogP contribution in [0.3, 0.4) is 0 Å². The summed E-state index contributed by atoms with van der Waals surface area (Å²) in [6, 6.07) is 9.11. The van der Waals surface area contributed by atoms with Crippen molar-refractivity contribution in [3.8, 4) is 5.75 Å². The number of nitrogens with one attached hydrogen (secondary N) is 1. The molecule has 0 saturated heterocycles. The smallest absolute Gasteiger partial charge is 0.261 e. The minimum Gasteiger partial charge on any atom is -0.489 e. The number of rotatable bonds is 6. The number of hydrogen-bond acceptors (Lipinski definition) is 4. The summed E-state index contributed by atoms with van der Waals surface area (Å²) >= 11 is 7.35. The number of amides is 1. The third-order valence-corrected chi connectivity index (χ3v) is 5.38. The Bertz CT molecular complexity index is 933. The van der Waals surface area contributed by atoms with Gasteiger partial charge < -0.3 is 10.1 Å². The second-order valence-corrected chi connectivity index (χ2v) is 7.37. The fourth-order valence-electron chi connectivity index (χ4n) is 2.62. The molecule has 5 nitrogen and oxygen atoms in total. The molecule has 0 radical (unpaired) electrons. The van der Waals surface area contributed by atoms with E-state index in [2.05, 4.69) is 10.4 Å². The summed E-state index contributed by atoms with van der Waals surface area (Å²) in [7, 11) is 1.90. The summed E-state index contributed by atoms with van der Waals surface area (Å²) in [6.07, 6.45) is 0. The van der Waals surface area contributed by atoms with Gasteiger partial charge in [0.05, 0.1) is 10.6 Å². The summed E-state index contributed by atoms with van der Waals surface area (Å²) in [5.74, 6) is 0.615. The highest BCUT2D eigenvalue weighted by molar-refractivity contribution is 7.12. The van der Waals surface area contributed by atoms with Gasteiger partial charge in [-0.05, 0) is 43.5 Å². The van der Waals surface area contributed by atoms with Crippen molar-refractivity contribution in [1.29, 1.82) is 0 Å². The average Bonchev–Trinajstić information content (AvgIpc) is 3.17. The molecule has 3 rings (SSSR count). The highest BCUT2D eigenvalue weighted by Crippen LogP contribution is 2.21. The number of thiophene rings is 1. The number of carbonyl (C=O) groups is 1. The van der Waals surface area contributed by atoms with Crippen LogP contribution in [-0.2, 0) is 20.2 Å². The van der Waals surface area contributed by atoms with Gasteiger partial charge in [0.2, 0.25) is 0 Å². The summed E-state index contributed by atoms with van der Waals surface area (Å²) in [6.45, 7) is 4.81. The molecule has 2 heterocycles. The molecule has 0 atom stereocenters. The predicted molar refractivity (Wildman–Crippen MR) is 104 cm³/mol. The topological polar surface area (TPSA) is 56.2 Å². The first-order chi connectivity index (χ1) is 12.4. The zero-order valence-corrected chi connectivity index (χ0v) is 16.4. The molecule has 1 aromatic carbocycles. The van der Waals surface area contributed by atoms with Gasteiger partial charge in [0.15, 0.2) is 0 Å². The number of halogens is 1. The Hall–Kier alpha value is -2.31. The molecule has 0 spiro atoms. The van der Waals surface area contributed by atoms with Crippen LogP contribution >= 0.6 is 22.9 Å². The van der Waals surface area contributed by atoms with Crippen LogP contribution in [0.2, 0.25) is 5.02 Å². The zero-order valence-electron chi connectivity index (χ0n) is 14.9. The molecule has 0 aliphatic carbocycles. The number of hydrogen-bond donors (Lipinski definition) is 1. The fraction of sp³-hybridized carbons (Fsp3) is 0.263. The van der Waals surface area contributed by atoms with Gasteiger partial charge in [-0.1, -0.05) is 17.7 Å². The van der Waals surface area contributed by atoms with Crippen LogP contribution in [0.15, 0.2) is 35.7 Å². The third kappa shape index (κ3) is 4.26. The maximum atomic E-state index is 12.4. The Labute approximate surface area is 161 Å². The van der Waals surface area contributed by atoms with Crippen molar-refractivity contribution in [2.75, 3.05) is 0 Å². The zero-order chi connectivity index (χ0) is 18.7. The van der Waals surface area contributed by atoms with E-state index in [1.165, 1.54) is 11.3 Å². The largest absolute Gasteiger partial charge is 0.489 e. The van der Waals surface area contributed by atoms with Crippen LogP contribution in [0, 0.1) is 13.8 Å². The lowest BCUT2D eigenvalue weighted by Crippen LogP contribution is -2.22. The van der Waals surface area contributed by atoms with Crippen LogP contribution < -0.4 is 10.1 Å². The quantitative estimate of drug-likeness (QED) is 0.685. The SMILES string of the molecule is Cc1nn(C)c(C)c1CNC(=O)c1cc(COc2cccc(Cl)c2)cs1. The van der Waals surface area contributed by atoms with Crippen LogP contribution in [-0.4, -0.2) is 15.7 Å². The van der Waals surface area contributed by atoms with Crippen LogP contribution in [0.4, 0.5) is 0 Å². The molecule has 1 N–H and O–H groups in total. The minimum absolute atomic E-state index is 0.0911. The van der Waals surface area contributed by atoms with E-state index in [9.17, 15) is 4.79 Å². The molecule has 0 unspecified atom stereocenters. The molecule has 2 aromatic heterocycles. The first kappa shape index (κ1) is 18.5. The predicted octanol–water partition coefficient (Wildman–Crippen LogP) is 4.26. The Morgan fingerprint density at radius 3 is 2.85 bits per heavy atom. The highest BCUT2D eigenvalue weighted by atomic mass is 35.5. The van der Waals surface area contributed by atoms with Gasteiger partial charge in [0.25, 0.3) is 5.91 Å². The lowest BCUT2D eigenvalue weighted by Gasteiger charge is -2.05. The number of nitrogens with zero attached hydrogens (tertiary/aromatic N) is 2. The number of ether oxygens (including phenoxy) is 1. The van der Waals surface area contributed by atoms with Crippen LogP contribution in [0.25, 0.3) is 0 Å². The van der Waals surface area contributed by atoms with Crippen molar-refractivity contribution in [3.63, 3.8) is 0 Å². The van der Waals surface area contributed by atoms with Gasteiger partial charge in [-0.15, -0.1) is 11.3 Å². The monoisotopic (exact) mass is 389 g/mol. The van der Waals surface area contributed by atoms with Crippen LogP contribution in [0.1, 0.15) is 32.2 Å². The van der Waals surface area contributed by atoms with Gasteiger partial charge >= 0.3 is 0 Å². The maximum Gasteiger partial charge on any atom is 0.261 e. The molecule has 1 amide bonds. The Morgan fingerprint density at radius 2 is 2.15 bits per heavy atom. The number of benzene rings is 1. The van der Waals surface area contributed by atoms with E-state index in [1.807, 2.05) is 49.2 Å².